The van der Waals surface area contributed by atoms with E-state index in [-0.39, 0.29) is 6.61 Å². The minimum Gasteiger partial charge on any atom is -0.394 e. The lowest BCUT2D eigenvalue weighted by Gasteiger charge is -1.93. The van der Waals surface area contributed by atoms with Crippen molar-refractivity contribution in [3.8, 4) is 0 Å². The van der Waals surface area contributed by atoms with Gasteiger partial charge in [0.1, 0.15) is 0 Å². The molecule has 4 nitrogen and oxygen atoms in total. The second-order valence-corrected chi connectivity index (χ2v) is 2.14. The molecule has 1 aromatic heterocycles. The van der Waals surface area contributed by atoms with E-state index in [0.29, 0.717) is 6.54 Å². The number of hydrazone groups is 1. The number of nitrogens with zero attached hydrogens (tertiary/aromatic N) is 2. The summed E-state index contributed by atoms with van der Waals surface area (Å²) in [6.07, 6.45) is 3.31. The predicted octanol–water partition coefficient (Wildman–Crippen LogP) is -0.00260. The Labute approximate surface area is 71.0 Å². The van der Waals surface area contributed by atoms with Crippen molar-refractivity contribution in [2.24, 2.45) is 5.10 Å². The van der Waals surface area contributed by atoms with Crippen LogP contribution in [0.5, 0.6) is 0 Å². The van der Waals surface area contributed by atoms with Gasteiger partial charge in [0.25, 0.3) is 0 Å². The summed E-state index contributed by atoms with van der Waals surface area (Å²) in [6, 6.07) is 5.59. The molecule has 0 amide bonds. The highest BCUT2D eigenvalue weighted by atomic mass is 16.3. The summed E-state index contributed by atoms with van der Waals surface area (Å²) in [6.45, 7) is 0.545. The molecule has 0 saturated carbocycles. The van der Waals surface area contributed by atoms with E-state index in [2.05, 4.69) is 15.5 Å². The van der Waals surface area contributed by atoms with E-state index in [1.165, 1.54) is 0 Å². The number of hydrogen-bond donors (Lipinski definition) is 2. The van der Waals surface area contributed by atoms with E-state index < -0.39 is 0 Å². The summed E-state index contributed by atoms with van der Waals surface area (Å²) in [4.78, 5) is 4.02. The molecule has 0 saturated heterocycles. The lowest BCUT2D eigenvalue weighted by Crippen LogP contribution is -2.11. The minimum absolute atomic E-state index is 0.0829. The molecule has 4 heteroatoms. The molecule has 0 spiro atoms. The number of aromatic nitrogens is 1. The van der Waals surface area contributed by atoms with Crippen LogP contribution in [-0.2, 0) is 0 Å². The Hall–Kier alpha value is -1.42. The number of rotatable bonds is 4. The second-order valence-electron chi connectivity index (χ2n) is 2.14. The van der Waals surface area contributed by atoms with Gasteiger partial charge in [-0.05, 0) is 12.1 Å². The summed E-state index contributed by atoms with van der Waals surface area (Å²) in [5, 5.41) is 12.2. The zero-order chi connectivity index (χ0) is 8.65. The van der Waals surface area contributed by atoms with E-state index in [9.17, 15) is 0 Å². The van der Waals surface area contributed by atoms with Crippen molar-refractivity contribution >= 4 is 6.21 Å². The molecular weight excluding hydrogens is 154 g/mol. The molecule has 0 bridgehead atoms. The molecule has 0 radical (unpaired) electrons. The third-order valence-corrected chi connectivity index (χ3v) is 1.20. The fourth-order valence-electron chi connectivity index (χ4n) is 0.679. The largest absolute Gasteiger partial charge is 0.394 e. The van der Waals surface area contributed by atoms with E-state index >= 15 is 0 Å². The van der Waals surface area contributed by atoms with Gasteiger partial charge in [-0.15, -0.1) is 0 Å². The minimum atomic E-state index is 0.0829. The van der Waals surface area contributed by atoms with E-state index in [1.807, 2.05) is 18.2 Å². The lowest BCUT2D eigenvalue weighted by atomic mass is 10.4. The maximum Gasteiger partial charge on any atom is 0.0830 e. The molecule has 12 heavy (non-hydrogen) atoms. The Morgan fingerprint density at radius 3 is 3.17 bits per heavy atom. The van der Waals surface area contributed by atoms with Gasteiger partial charge in [-0.1, -0.05) is 6.07 Å². The number of pyridine rings is 1. The Bertz CT molecular complexity index is 235. The van der Waals surface area contributed by atoms with Crippen molar-refractivity contribution < 1.29 is 5.11 Å². The van der Waals surface area contributed by atoms with Crippen molar-refractivity contribution in [3.63, 3.8) is 0 Å². The van der Waals surface area contributed by atoms with Gasteiger partial charge in [-0.25, -0.2) is 0 Å². The van der Waals surface area contributed by atoms with Crippen LogP contribution in [0.15, 0.2) is 29.5 Å². The zero-order valence-electron chi connectivity index (χ0n) is 6.64. The van der Waals surface area contributed by atoms with Crippen molar-refractivity contribution in [1.29, 1.82) is 0 Å². The van der Waals surface area contributed by atoms with Gasteiger partial charge in [-0.3, -0.25) is 4.98 Å². The Morgan fingerprint density at radius 2 is 2.50 bits per heavy atom. The highest BCUT2D eigenvalue weighted by Gasteiger charge is 1.83. The van der Waals surface area contributed by atoms with Crippen LogP contribution in [0.3, 0.4) is 0 Å². The van der Waals surface area contributed by atoms with Crippen LogP contribution < -0.4 is 5.43 Å². The quantitative estimate of drug-likeness (QED) is 0.375. The standard InChI is InChI=1S/C8H11N3O/c12-6-5-10-11-7-8-3-1-2-4-9-8/h1-4,7,10,12H,5-6H2/b11-7-. The first kappa shape index (κ1) is 8.67. The first-order valence-corrected chi connectivity index (χ1v) is 3.71. The van der Waals surface area contributed by atoms with Crippen molar-refractivity contribution in [2.45, 2.75) is 0 Å². The van der Waals surface area contributed by atoms with Gasteiger partial charge in [0.05, 0.1) is 25.1 Å². The normalized spacial score (nSPS) is 10.4. The highest BCUT2D eigenvalue weighted by Crippen LogP contribution is 1.86. The monoisotopic (exact) mass is 165 g/mol. The zero-order valence-corrected chi connectivity index (χ0v) is 6.64. The van der Waals surface area contributed by atoms with E-state index in [4.69, 9.17) is 5.11 Å². The molecule has 0 aliphatic heterocycles. The molecule has 0 fully saturated rings. The van der Waals surface area contributed by atoms with Crippen molar-refractivity contribution in [3.05, 3.63) is 30.1 Å². The summed E-state index contributed by atoms with van der Waals surface area (Å²) in [5.74, 6) is 0. The Morgan fingerprint density at radius 1 is 1.58 bits per heavy atom. The van der Waals surface area contributed by atoms with Gasteiger partial charge >= 0.3 is 0 Å². The van der Waals surface area contributed by atoms with Gasteiger partial charge in [-0.2, -0.15) is 5.10 Å². The van der Waals surface area contributed by atoms with Gasteiger partial charge in [0, 0.05) is 6.20 Å². The van der Waals surface area contributed by atoms with Gasteiger partial charge in [0.15, 0.2) is 0 Å². The number of hydrogen-bond acceptors (Lipinski definition) is 4. The summed E-state index contributed by atoms with van der Waals surface area (Å²) in [5.41, 5.74) is 3.46. The molecule has 2 N–H and O–H groups in total. The second kappa shape index (κ2) is 5.26. The highest BCUT2D eigenvalue weighted by molar-refractivity contribution is 5.76. The van der Waals surface area contributed by atoms with Crippen LogP contribution >= 0.6 is 0 Å². The summed E-state index contributed by atoms with van der Waals surface area (Å²) in [7, 11) is 0. The van der Waals surface area contributed by atoms with Crippen molar-refractivity contribution in [2.75, 3.05) is 13.2 Å². The third kappa shape index (κ3) is 3.12. The molecule has 0 aliphatic rings. The average Bonchev–Trinajstić information content (AvgIpc) is 2.14. The summed E-state index contributed by atoms with van der Waals surface area (Å²) >= 11 is 0. The Kier molecular flexibility index (Phi) is 3.80. The smallest absolute Gasteiger partial charge is 0.0830 e. The maximum absolute atomic E-state index is 8.41. The predicted molar refractivity (Wildman–Crippen MR) is 46.9 cm³/mol. The first-order chi connectivity index (χ1) is 5.93. The number of aliphatic hydroxyl groups is 1. The molecule has 0 unspecified atom stereocenters. The lowest BCUT2D eigenvalue weighted by molar-refractivity contribution is 0.294. The maximum atomic E-state index is 8.41. The topological polar surface area (TPSA) is 57.5 Å². The van der Waals surface area contributed by atoms with Crippen molar-refractivity contribution in [1.82, 2.24) is 10.4 Å². The number of aliphatic hydroxyl groups excluding tert-OH is 1. The molecule has 0 atom stereocenters. The Balaban J connectivity index is 2.36. The number of nitrogens with one attached hydrogen (secondary N) is 1. The average molecular weight is 165 g/mol. The van der Waals surface area contributed by atoms with E-state index in [0.717, 1.165) is 5.69 Å². The van der Waals surface area contributed by atoms with Crippen LogP contribution in [-0.4, -0.2) is 29.5 Å². The fraction of sp³-hybridized carbons (Fsp3) is 0.250. The summed E-state index contributed by atoms with van der Waals surface area (Å²) < 4.78 is 0. The third-order valence-electron chi connectivity index (χ3n) is 1.20. The molecule has 1 aromatic rings. The van der Waals surface area contributed by atoms with Crippen LogP contribution in [0.25, 0.3) is 0 Å². The first-order valence-electron chi connectivity index (χ1n) is 3.71. The molecule has 64 valence electrons. The molecule has 1 rings (SSSR count). The van der Waals surface area contributed by atoms with Gasteiger partial charge in [0.2, 0.25) is 0 Å². The molecular formula is C8H11N3O. The van der Waals surface area contributed by atoms with Crippen LogP contribution in [0.4, 0.5) is 0 Å². The van der Waals surface area contributed by atoms with Gasteiger partial charge < -0.3 is 10.5 Å². The SMILES string of the molecule is OCCN/N=C\c1ccccn1. The van der Waals surface area contributed by atoms with Crippen LogP contribution in [0.2, 0.25) is 0 Å². The van der Waals surface area contributed by atoms with Crippen LogP contribution in [0.1, 0.15) is 5.69 Å². The fourth-order valence-corrected chi connectivity index (χ4v) is 0.679. The molecule has 1 heterocycles. The molecule has 0 aliphatic carbocycles. The van der Waals surface area contributed by atoms with E-state index in [1.54, 1.807) is 12.4 Å². The molecule has 0 aromatic carbocycles. The van der Waals surface area contributed by atoms with Crippen LogP contribution in [0, 0.1) is 0 Å².